The van der Waals surface area contributed by atoms with E-state index in [1.54, 1.807) is 23.1 Å². The Bertz CT molecular complexity index is 1360. The van der Waals surface area contributed by atoms with Crippen molar-refractivity contribution < 1.29 is 29.0 Å². The first-order valence-corrected chi connectivity index (χ1v) is 12.0. The SMILES string of the molecule is O=C(O)c1cccc(NC(=O)C2CC(=O)N(Cc3ccc4c(c3)OCO4)C(=Nc3ccccc3)S2)c1. The molecule has 9 nitrogen and oxygen atoms in total. The first-order valence-electron chi connectivity index (χ1n) is 11.1. The monoisotopic (exact) mass is 503 g/mol. The van der Waals surface area contributed by atoms with Crippen molar-refractivity contribution in [1.29, 1.82) is 0 Å². The molecule has 0 bridgehead atoms. The molecule has 2 heterocycles. The Labute approximate surface area is 210 Å². The van der Waals surface area contributed by atoms with Crippen LogP contribution in [-0.2, 0) is 16.1 Å². The largest absolute Gasteiger partial charge is 0.478 e. The van der Waals surface area contributed by atoms with Crippen molar-refractivity contribution in [2.45, 2.75) is 18.2 Å². The van der Waals surface area contributed by atoms with Gasteiger partial charge in [-0.15, -0.1) is 0 Å². The highest BCUT2D eigenvalue weighted by Gasteiger charge is 2.36. The number of nitrogens with one attached hydrogen (secondary N) is 1. The van der Waals surface area contributed by atoms with Gasteiger partial charge in [-0.2, -0.15) is 0 Å². The number of carbonyl (C=O) groups is 3. The number of amides is 2. The predicted octanol–water partition coefficient (Wildman–Crippen LogP) is 4.27. The van der Waals surface area contributed by atoms with Gasteiger partial charge in [0.1, 0.15) is 5.25 Å². The minimum atomic E-state index is -1.09. The number of rotatable bonds is 6. The van der Waals surface area contributed by atoms with Crippen LogP contribution in [0, 0.1) is 0 Å². The van der Waals surface area contributed by atoms with Crippen molar-refractivity contribution in [3.05, 3.63) is 83.9 Å². The van der Waals surface area contributed by atoms with E-state index >= 15 is 0 Å². The molecule has 10 heteroatoms. The van der Waals surface area contributed by atoms with E-state index in [9.17, 15) is 19.5 Å². The molecule has 3 aromatic carbocycles. The van der Waals surface area contributed by atoms with Crippen molar-refractivity contribution in [2.75, 3.05) is 12.1 Å². The van der Waals surface area contributed by atoms with Gasteiger partial charge in [0.25, 0.3) is 0 Å². The summed E-state index contributed by atoms with van der Waals surface area (Å²) in [5.41, 5.74) is 1.89. The third kappa shape index (κ3) is 5.18. The van der Waals surface area contributed by atoms with Gasteiger partial charge >= 0.3 is 5.97 Å². The number of ether oxygens (including phenoxy) is 2. The maximum absolute atomic E-state index is 13.3. The van der Waals surface area contributed by atoms with Gasteiger partial charge in [-0.1, -0.05) is 42.1 Å². The number of carboxylic acids is 1. The van der Waals surface area contributed by atoms with Crippen LogP contribution in [0.1, 0.15) is 22.3 Å². The Balaban J connectivity index is 1.39. The summed E-state index contributed by atoms with van der Waals surface area (Å²) in [4.78, 5) is 43.8. The maximum Gasteiger partial charge on any atom is 0.335 e. The molecular weight excluding hydrogens is 482 g/mol. The standard InChI is InChI=1S/C26H21N3O6S/c30-23-13-22(24(31)27-19-8-4-5-17(12-19)25(32)33)36-26(28-18-6-2-1-3-7-18)29(23)14-16-9-10-20-21(11-16)35-15-34-20/h1-12,22H,13-15H2,(H,27,31)(H,32,33). The third-order valence-electron chi connectivity index (χ3n) is 5.57. The van der Waals surface area contributed by atoms with Crippen LogP contribution in [0.25, 0.3) is 0 Å². The fourth-order valence-corrected chi connectivity index (χ4v) is 4.88. The highest BCUT2D eigenvalue weighted by molar-refractivity contribution is 8.15. The maximum atomic E-state index is 13.3. The lowest BCUT2D eigenvalue weighted by Gasteiger charge is -2.32. The quantitative estimate of drug-likeness (QED) is 0.516. The zero-order valence-electron chi connectivity index (χ0n) is 18.9. The Hall–Kier alpha value is -4.31. The van der Waals surface area contributed by atoms with Crippen molar-refractivity contribution in [1.82, 2.24) is 4.90 Å². The Morgan fingerprint density at radius 2 is 1.83 bits per heavy atom. The van der Waals surface area contributed by atoms with Crippen LogP contribution in [0.5, 0.6) is 11.5 Å². The minimum Gasteiger partial charge on any atom is -0.478 e. The van der Waals surface area contributed by atoms with Gasteiger partial charge in [-0.25, -0.2) is 9.79 Å². The molecule has 36 heavy (non-hydrogen) atoms. The number of nitrogens with zero attached hydrogens (tertiary/aromatic N) is 2. The summed E-state index contributed by atoms with van der Waals surface area (Å²) in [6, 6.07) is 20.6. The number of hydrogen-bond donors (Lipinski definition) is 2. The number of benzene rings is 3. The number of thioether (sulfide) groups is 1. The second-order valence-electron chi connectivity index (χ2n) is 8.08. The van der Waals surface area contributed by atoms with Gasteiger partial charge in [0.05, 0.1) is 17.8 Å². The predicted molar refractivity (Wildman–Crippen MR) is 135 cm³/mol. The zero-order valence-corrected chi connectivity index (χ0v) is 19.7. The van der Waals surface area contributed by atoms with Gasteiger partial charge in [0, 0.05) is 12.1 Å². The molecule has 0 spiro atoms. The highest BCUT2D eigenvalue weighted by Crippen LogP contribution is 2.35. The summed E-state index contributed by atoms with van der Waals surface area (Å²) in [6.07, 6.45) is -0.0342. The number of carbonyl (C=O) groups excluding carboxylic acids is 2. The first kappa shape index (κ1) is 23.4. The number of anilines is 1. The molecule has 1 unspecified atom stereocenters. The molecule has 2 aliphatic rings. The van der Waals surface area contributed by atoms with Crippen LogP contribution < -0.4 is 14.8 Å². The summed E-state index contributed by atoms with van der Waals surface area (Å²) >= 11 is 1.19. The van der Waals surface area contributed by atoms with Crippen LogP contribution in [0.2, 0.25) is 0 Å². The second-order valence-corrected chi connectivity index (χ2v) is 9.25. The van der Waals surface area contributed by atoms with Crippen LogP contribution in [-0.4, -0.2) is 45.0 Å². The normalized spacial score (nSPS) is 17.8. The second kappa shape index (κ2) is 10.1. The zero-order chi connectivity index (χ0) is 25.1. The average Bonchev–Trinajstić information content (AvgIpc) is 3.34. The van der Waals surface area contributed by atoms with Gasteiger partial charge in [-0.05, 0) is 48.0 Å². The number of hydrogen-bond acceptors (Lipinski definition) is 7. The molecule has 182 valence electrons. The fourth-order valence-electron chi connectivity index (χ4n) is 3.78. The molecule has 2 aliphatic heterocycles. The lowest BCUT2D eigenvalue weighted by atomic mass is 10.1. The summed E-state index contributed by atoms with van der Waals surface area (Å²) in [6.45, 7) is 0.410. The van der Waals surface area contributed by atoms with Crippen LogP contribution in [0.3, 0.4) is 0 Å². The van der Waals surface area contributed by atoms with Crippen molar-refractivity contribution >= 4 is 46.1 Å². The van der Waals surface area contributed by atoms with Crippen molar-refractivity contribution in [2.24, 2.45) is 4.99 Å². The van der Waals surface area contributed by atoms with E-state index in [2.05, 4.69) is 10.3 Å². The molecular formula is C26H21N3O6S. The molecule has 1 atom stereocenters. The Morgan fingerprint density at radius 3 is 2.64 bits per heavy atom. The molecule has 2 N–H and O–H groups in total. The molecule has 1 saturated heterocycles. The number of para-hydroxylation sites is 1. The molecule has 0 aliphatic carbocycles. The highest BCUT2D eigenvalue weighted by atomic mass is 32.2. The average molecular weight is 504 g/mol. The van der Waals surface area contributed by atoms with Gasteiger partial charge in [-0.3, -0.25) is 14.5 Å². The summed E-state index contributed by atoms with van der Waals surface area (Å²) < 4.78 is 10.8. The lowest BCUT2D eigenvalue weighted by Crippen LogP contribution is -2.44. The van der Waals surface area contributed by atoms with Gasteiger partial charge < -0.3 is 19.9 Å². The number of aliphatic imine (C=N–C) groups is 1. The Kier molecular flexibility index (Phi) is 6.59. The van der Waals surface area contributed by atoms with Crippen LogP contribution in [0.15, 0.2) is 77.8 Å². The van der Waals surface area contributed by atoms with Crippen LogP contribution in [0.4, 0.5) is 11.4 Å². The third-order valence-corrected chi connectivity index (χ3v) is 6.76. The van der Waals surface area contributed by atoms with E-state index in [1.165, 1.54) is 23.9 Å². The van der Waals surface area contributed by atoms with E-state index in [-0.39, 0.29) is 31.2 Å². The molecule has 5 rings (SSSR count). The molecule has 2 amide bonds. The molecule has 3 aromatic rings. The Morgan fingerprint density at radius 1 is 1.03 bits per heavy atom. The summed E-state index contributed by atoms with van der Waals surface area (Å²) in [5.74, 6) is -0.475. The van der Waals surface area contributed by atoms with Crippen LogP contribution >= 0.6 is 11.8 Å². The minimum absolute atomic E-state index is 0.0342. The van der Waals surface area contributed by atoms with Crippen molar-refractivity contribution in [3.63, 3.8) is 0 Å². The van der Waals surface area contributed by atoms with E-state index in [0.29, 0.717) is 28.0 Å². The fraction of sp³-hybridized carbons (Fsp3) is 0.154. The lowest BCUT2D eigenvalue weighted by molar-refractivity contribution is -0.129. The smallest absolute Gasteiger partial charge is 0.335 e. The number of aromatic carboxylic acids is 1. The van der Waals surface area contributed by atoms with E-state index < -0.39 is 17.1 Å². The summed E-state index contributed by atoms with van der Waals surface area (Å²) in [7, 11) is 0. The summed E-state index contributed by atoms with van der Waals surface area (Å²) in [5, 5.41) is 11.6. The van der Waals surface area contributed by atoms with Crippen molar-refractivity contribution in [3.8, 4) is 11.5 Å². The molecule has 1 fully saturated rings. The van der Waals surface area contributed by atoms with E-state index in [1.807, 2.05) is 42.5 Å². The molecule has 0 saturated carbocycles. The topological polar surface area (TPSA) is 118 Å². The van der Waals surface area contributed by atoms with E-state index in [0.717, 1.165) is 5.56 Å². The number of carboxylic acid groups (broad SMARTS) is 1. The van der Waals surface area contributed by atoms with E-state index in [4.69, 9.17) is 9.47 Å². The number of fused-ring (bicyclic) bond motifs is 1. The number of amidine groups is 1. The first-order chi connectivity index (χ1) is 17.5. The molecule has 0 aromatic heterocycles. The molecule has 0 radical (unpaired) electrons. The van der Waals surface area contributed by atoms with Gasteiger partial charge in [0.15, 0.2) is 16.7 Å². The van der Waals surface area contributed by atoms with Gasteiger partial charge in [0.2, 0.25) is 18.6 Å².